The zero-order valence-corrected chi connectivity index (χ0v) is 13.0. The molecule has 2 atom stereocenters. The number of aliphatic hydroxyl groups excluding tert-OH is 1. The highest BCUT2D eigenvalue weighted by Crippen LogP contribution is 2.34. The average molecular weight is 292 g/mol. The lowest BCUT2D eigenvalue weighted by Gasteiger charge is -2.17. The van der Waals surface area contributed by atoms with Gasteiger partial charge in [0.15, 0.2) is 5.82 Å². The summed E-state index contributed by atoms with van der Waals surface area (Å²) in [6, 6.07) is 0. The van der Waals surface area contributed by atoms with E-state index in [4.69, 9.17) is 4.52 Å². The maximum atomic E-state index is 10.3. The molecule has 4 heteroatoms. The van der Waals surface area contributed by atoms with Gasteiger partial charge in [-0.2, -0.15) is 4.98 Å². The van der Waals surface area contributed by atoms with Gasteiger partial charge in [-0.3, -0.25) is 0 Å². The summed E-state index contributed by atoms with van der Waals surface area (Å²) in [5.74, 6) is 2.10. The van der Waals surface area contributed by atoms with Gasteiger partial charge in [0, 0.05) is 5.92 Å². The van der Waals surface area contributed by atoms with E-state index in [0.29, 0.717) is 11.8 Å². The van der Waals surface area contributed by atoms with Crippen LogP contribution in [0.15, 0.2) is 4.52 Å². The van der Waals surface area contributed by atoms with Crippen LogP contribution in [0.25, 0.3) is 0 Å². The van der Waals surface area contributed by atoms with E-state index in [1.165, 1.54) is 51.4 Å². The molecule has 0 amide bonds. The average Bonchev–Trinajstić information content (AvgIpc) is 2.82. The lowest BCUT2D eigenvalue weighted by molar-refractivity contribution is 0.119. The van der Waals surface area contributed by atoms with Gasteiger partial charge < -0.3 is 9.63 Å². The molecule has 1 heterocycles. The fourth-order valence-electron chi connectivity index (χ4n) is 3.85. The van der Waals surface area contributed by atoms with Crippen molar-refractivity contribution in [3.63, 3.8) is 0 Å². The van der Waals surface area contributed by atoms with E-state index in [9.17, 15) is 5.11 Å². The van der Waals surface area contributed by atoms with Crippen molar-refractivity contribution in [1.29, 1.82) is 0 Å². The first-order valence-electron chi connectivity index (χ1n) is 8.86. The molecule has 2 aliphatic rings. The third-order valence-corrected chi connectivity index (χ3v) is 5.22. The van der Waals surface area contributed by atoms with Gasteiger partial charge >= 0.3 is 0 Å². The van der Waals surface area contributed by atoms with Gasteiger partial charge in [-0.1, -0.05) is 56.5 Å². The Hall–Kier alpha value is -0.900. The maximum Gasteiger partial charge on any atom is 0.232 e. The number of rotatable bonds is 2. The zero-order chi connectivity index (χ0) is 14.5. The monoisotopic (exact) mass is 292 g/mol. The highest BCUT2D eigenvalue weighted by atomic mass is 16.5. The molecular formula is C17H28N2O2. The van der Waals surface area contributed by atoms with Crippen molar-refractivity contribution >= 4 is 0 Å². The Morgan fingerprint density at radius 1 is 0.810 bits per heavy atom. The molecule has 21 heavy (non-hydrogen) atoms. The molecule has 118 valence electrons. The Bertz CT molecular complexity index is 424. The molecule has 0 radical (unpaired) electrons. The largest absolute Gasteiger partial charge is 0.392 e. The Balaban J connectivity index is 1.69. The van der Waals surface area contributed by atoms with Crippen LogP contribution in [0.5, 0.6) is 0 Å². The van der Waals surface area contributed by atoms with Crippen LogP contribution in [0.3, 0.4) is 0 Å². The smallest absolute Gasteiger partial charge is 0.232 e. The molecule has 0 spiro atoms. The van der Waals surface area contributed by atoms with Crippen LogP contribution in [0.4, 0.5) is 0 Å². The SMILES string of the molecule is OC1CCCCCC1c1nc(C2CCCCCCC2)no1. The van der Waals surface area contributed by atoms with Crippen molar-refractivity contribution in [3.8, 4) is 0 Å². The van der Waals surface area contributed by atoms with Gasteiger partial charge in [0.1, 0.15) is 0 Å². The standard InChI is InChI=1S/C17H28N2O2/c20-15-12-8-4-7-11-14(15)17-18-16(19-21-17)13-9-5-2-1-3-6-10-13/h13-15,20H,1-12H2. The van der Waals surface area contributed by atoms with Crippen molar-refractivity contribution in [3.05, 3.63) is 11.7 Å². The van der Waals surface area contributed by atoms with Gasteiger partial charge in [0.2, 0.25) is 5.89 Å². The minimum absolute atomic E-state index is 0.0577. The minimum Gasteiger partial charge on any atom is -0.392 e. The zero-order valence-electron chi connectivity index (χ0n) is 13.0. The molecule has 0 saturated heterocycles. The summed E-state index contributed by atoms with van der Waals surface area (Å²) in [5.41, 5.74) is 0. The highest BCUT2D eigenvalue weighted by molar-refractivity contribution is 5.02. The van der Waals surface area contributed by atoms with Crippen LogP contribution >= 0.6 is 0 Å². The number of hydrogen-bond donors (Lipinski definition) is 1. The first kappa shape index (κ1) is 15.0. The molecule has 2 unspecified atom stereocenters. The third-order valence-electron chi connectivity index (χ3n) is 5.22. The Morgan fingerprint density at radius 2 is 1.43 bits per heavy atom. The van der Waals surface area contributed by atoms with Crippen LogP contribution in [-0.2, 0) is 0 Å². The maximum absolute atomic E-state index is 10.3. The van der Waals surface area contributed by atoms with Crippen LogP contribution in [0, 0.1) is 0 Å². The number of hydrogen-bond acceptors (Lipinski definition) is 4. The van der Waals surface area contributed by atoms with E-state index in [1.54, 1.807) is 0 Å². The lowest BCUT2D eigenvalue weighted by atomic mass is 9.90. The second kappa shape index (κ2) is 7.39. The molecule has 0 aromatic carbocycles. The van der Waals surface area contributed by atoms with Gasteiger partial charge in [0.05, 0.1) is 12.0 Å². The molecule has 1 aromatic rings. The highest BCUT2D eigenvalue weighted by Gasteiger charge is 2.29. The van der Waals surface area contributed by atoms with Crippen LogP contribution in [0.1, 0.15) is 101 Å². The van der Waals surface area contributed by atoms with E-state index in [0.717, 1.165) is 31.5 Å². The second-order valence-corrected chi connectivity index (χ2v) is 6.84. The molecule has 2 fully saturated rings. The summed E-state index contributed by atoms with van der Waals surface area (Å²) in [6.07, 6.45) is 14.0. The van der Waals surface area contributed by atoms with Gasteiger partial charge in [-0.25, -0.2) is 0 Å². The second-order valence-electron chi connectivity index (χ2n) is 6.84. The van der Waals surface area contributed by atoms with Crippen LogP contribution < -0.4 is 0 Å². The van der Waals surface area contributed by atoms with E-state index in [1.807, 2.05) is 0 Å². The summed E-state index contributed by atoms with van der Waals surface area (Å²) < 4.78 is 5.53. The van der Waals surface area contributed by atoms with E-state index in [-0.39, 0.29) is 12.0 Å². The van der Waals surface area contributed by atoms with E-state index < -0.39 is 0 Å². The van der Waals surface area contributed by atoms with Gasteiger partial charge in [-0.15, -0.1) is 0 Å². The van der Waals surface area contributed by atoms with Crippen molar-refractivity contribution in [1.82, 2.24) is 10.1 Å². The van der Waals surface area contributed by atoms with Gasteiger partial charge in [0.25, 0.3) is 0 Å². The first-order valence-corrected chi connectivity index (χ1v) is 8.86. The molecule has 1 N–H and O–H groups in total. The minimum atomic E-state index is -0.307. The van der Waals surface area contributed by atoms with Gasteiger partial charge in [-0.05, 0) is 25.7 Å². The molecule has 2 saturated carbocycles. The fraction of sp³-hybridized carbons (Fsp3) is 0.882. The van der Waals surface area contributed by atoms with E-state index >= 15 is 0 Å². The van der Waals surface area contributed by atoms with Crippen molar-refractivity contribution in [2.75, 3.05) is 0 Å². The quantitative estimate of drug-likeness (QED) is 0.825. The Kier molecular flexibility index (Phi) is 5.28. The summed E-state index contributed by atoms with van der Waals surface area (Å²) in [5, 5.41) is 14.5. The fourth-order valence-corrected chi connectivity index (χ4v) is 3.85. The molecule has 0 bridgehead atoms. The van der Waals surface area contributed by atoms with Crippen LogP contribution in [-0.4, -0.2) is 21.4 Å². The number of nitrogens with zero attached hydrogens (tertiary/aromatic N) is 2. The molecule has 1 aromatic heterocycles. The van der Waals surface area contributed by atoms with E-state index in [2.05, 4.69) is 10.1 Å². The Morgan fingerprint density at radius 3 is 2.24 bits per heavy atom. The third kappa shape index (κ3) is 3.85. The van der Waals surface area contributed by atoms with Crippen molar-refractivity contribution in [2.45, 2.75) is 95.0 Å². The lowest BCUT2D eigenvalue weighted by Crippen LogP contribution is -2.17. The normalized spacial score (nSPS) is 29.6. The summed E-state index contributed by atoms with van der Waals surface area (Å²) in [4.78, 5) is 4.68. The van der Waals surface area contributed by atoms with Crippen LogP contribution in [0.2, 0.25) is 0 Å². The Labute approximate surface area is 127 Å². The summed E-state index contributed by atoms with van der Waals surface area (Å²) >= 11 is 0. The summed E-state index contributed by atoms with van der Waals surface area (Å²) in [7, 11) is 0. The first-order chi connectivity index (χ1) is 10.3. The predicted octanol–water partition coefficient (Wildman–Crippen LogP) is 4.31. The molecule has 2 aliphatic carbocycles. The molecule has 3 rings (SSSR count). The molecule has 0 aliphatic heterocycles. The number of aliphatic hydroxyl groups is 1. The molecular weight excluding hydrogens is 264 g/mol. The predicted molar refractivity (Wildman–Crippen MR) is 81.2 cm³/mol. The molecule has 4 nitrogen and oxygen atoms in total. The van der Waals surface area contributed by atoms with Crippen molar-refractivity contribution < 1.29 is 9.63 Å². The topological polar surface area (TPSA) is 59.2 Å². The number of aromatic nitrogens is 2. The van der Waals surface area contributed by atoms with Crippen molar-refractivity contribution in [2.24, 2.45) is 0 Å². The summed E-state index contributed by atoms with van der Waals surface area (Å²) in [6.45, 7) is 0.